The molecule has 0 bridgehead atoms. The van der Waals surface area contributed by atoms with Gasteiger partial charge >= 0.3 is 6.09 Å². The van der Waals surface area contributed by atoms with Crippen LogP contribution in [0.25, 0.3) is 10.8 Å². The minimum atomic E-state index is -0.457. The maximum Gasteiger partial charge on any atom is 0.407 e. The van der Waals surface area contributed by atoms with Crippen LogP contribution in [0.3, 0.4) is 0 Å². The van der Waals surface area contributed by atoms with Gasteiger partial charge in [-0.3, -0.25) is 0 Å². The first-order valence-corrected chi connectivity index (χ1v) is 6.78. The van der Waals surface area contributed by atoms with Gasteiger partial charge in [0.05, 0.1) is 13.2 Å². The fourth-order valence-corrected chi connectivity index (χ4v) is 1.85. The monoisotopic (exact) mass is 283 g/mol. The molecular formula is C17H17NO3. The molecular weight excluding hydrogens is 266 g/mol. The lowest BCUT2D eigenvalue weighted by atomic mass is 10.1. The highest BCUT2D eigenvalue weighted by Gasteiger charge is 1.99. The molecule has 1 N–H and O–H groups in total. The first-order valence-electron chi connectivity index (χ1n) is 6.78. The van der Waals surface area contributed by atoms with Crippen molar-refractivity contribution in [3.8, 4) is 17.6 Å². The van der Waals surface area contributed by atoms with Crippen LogP contribution in [0.4, 0.5) is 4.79 Å². The molecule has 4 nitrogen and oxygen atoms in total. The van der Waals surface area contributed by atoms with E-state index >= 15 is 0 Å². The number of hydrogen-bond donors (Lipinski definition) is 1. The normalized spacial score (nSPS) is 9.57. The third-order valence-electron chi connectivity index (χ3n) is 2.77. The molecule has 0 saturated heterocycles. The summed E-state index contributed by atoms with van der Waals surface area (Å²) in [6.07, 6.45) is -0.457. The Balaban J connectivity index is 1.85. The van der Waals surface area contributed by atoms with Crippen LogP contribution in [0.2, 0.25) is 0 Å². The van der Waals surface area contributed by atoms with Gasteiger partial charge in [0.25, 0.3) is 0 Å². The molecule has 0 unspecified atom stereocenters. The summed E-state index contributed by atoms with van der Waals surface area (Å²) in [5.41, 5.74) is 0. The molecule has 2 rings (SSSR count). The Morgan fingerprint density at radius 1 is 1.14 bits per heavy atom. The summed E-state index contributed by atoms with van der Waals surface area (Å²) in [6, 6.07) is 13.9. The molecule has 0 aliphatic rings. The molecule has 108 valence electrons. The predicted molar refractivity (Wildman–Crippen MR) is 82.2 cm³/mol. The van der Waals surface area contributed by atoms with Crippen LogP contribution in [0.15, 0.2) is 42.5 Å². The zero-order chi connectivity index (χ0) is 14.9. The van der Waals surface area contributed by atoms with Crippen LogP contribution in [0.1, 0.15) is 6.92 Å². The molecule has 0 heterocycles. The van der Waals surface area contributed by atoms with E-state index < -0.39 is 6.09 Å². The van der Waals surface area contributed by atoms with Gasteiger partial charge in [-0.1, -0.05) is 48.2 Å². The summed E-state index contributed by atoms with van der Waals surface area (Å²) in [5.74, 6) is 6.47. The third kappa shape index (κ3) is 4.43. The van der Waals surface area contributed by atoms with Crippen LogP contribution in [0, 0.1) is 11.8 Å². The second-order valence-electron chi connectivity index (χ2n) is 4.19. The average molecular weight is 283 g/mol. The number of nitrogens with one attached hydrogen (secondary N) is 1. The highest BCUT2D eigenvalue weighted by Crippen LogP contribution is 2.24. The lowest BCUT2D eigenvalue weighted by Gasteiger charge is -2.06. The van der Waals surface area contributed by atoms with Crippen molar-refractivity contribution < 1.29 is 14.3 Å². The van der Waals surface area contributed by atoms with Gasteiger partial charge in [0.1, 0.15) is 12.4 Å². The number of rotatable bonds is 4. The zero-order valence-corrected chi connectivity index (χ0v) is 11.9. The van der Waals surface area contributed by atoms with Crippen LogP contribution >= 0.6 is 0 Å². The van der Waals surface area contributed by atoms with Crippen molar-refractivity contribution in [2.75, 3.05) is 19.8 Å². The lowest BCUT2D eigenvalue weighted by Crippen LogP contribution is -2.24. The molecule has 0 aliphatic carbocycles. The lowest BCUT2D eigenvalue weighted by molar-refractivity contribution is 0.153. The van der Waals surface area contributed by atoms with Crippen molar-refractivity contribution in [1.82, 2.24) is 5.32 Å². The van der Waals surface area contributed by atoms with Crippen molar-refractivity contribution in [3.63, 3.8) is 0 Å². The summed E-state index contributed by atoms with van der Waals surface area (Å²) in [5, 5.41) is 4.71. The number of fused-ring (bicyclic) bond motifs is 1. The van der Waals surface area contributed by atoms with Gasteiger partial charge in [0.2, 0.25) is 0 Å². The number of carbonyl (C=O) groups is 1. The Morgan fingerprint density at radius 3 is 2.81 bits per heavy atom. The van der Waals surface area contributed by atoms with Crippen molar-refractivity contribution in [2.45, 2.75) is 6.92 Å². The Labute approximate surface area is 124 Å². The topological polar surface area (TPSA) is 47.6 Å². The summed E-state index contributed by atoms with van der Waals surface area (Å²) in [4.78, 5) is 11.0. The Morgan fingerprint density at radius 2 is 1.95 bits per heavy atom. The Kier molecular flexibility index (Phi) is 5.48. The number of hydrogen-bond acceptors (Lipinski definition) is 3. The summed E-state index contributed by atoms with van der Waals surface area (Å²) >= 11 is 0. The van der Waals surface area contributed by atoms with Crippen LogP contribution in [0.5, 0.6) is 5.75 Å². The standard InChI is InChI=1S/C17H17NO3/c1-2-20-17(19)18-12-5-6-13-21-16-11-7-9-14-8-3-4-10-15(14)16/h3-4,7-11H,2,12-13H2,1H3,(H,18,19). The summed E-state index contributed by atoms with van der Waals surface area (Å²) in [7, 11) is 0. The van der Waals surface area contributed by atoms with Crippen molar-refractivity contribution in [1.29, 1.82) is 0 Å². The fraction of sp³-hybridized carbons (Fsp3) is 0.235. The quantitative estimate of drug-likeness (QED) is 0.878. The molecule has 0 aliphatic heterocycles. The second kappa shape index (κ2) is 7.81. The number of carbonyl (C=O) groups excluding carboxylic acids is 1. The van der Waals surface area contributed by atoms with Gasteiger partial charge in [0, 0.05) is 5.39 Å². The Hall–Kier alpha value is -2.67. The first-order chi connectivity index (χ1) is 10.3. The molecule has 0 fully saturated rings. The van der Waals surface area contributed by atoms with E-state index in [-0.39, 0.29) is 13.2 Å². The van der Waals surface area contributed by atoms with E-state index in [0.717, 1.165) is 16.5 Å². The summed E-state index contributed by atoms with van der Waals surface area (Å²) < 4.78 is 10.4. The molecule has 0 atom stereocenters. The van der Waals surface area contributed by atoms with Gasteiger partial charge in [-0.2, -0.15) is 0 Å². The largest absolute Gasteiger partial charge is 0.480 e. The maximum atomic E-state index is 11.0. The van der Waals surface area contributed by atoms with E-state index in [1.165, 1.54) is 0 Å². The predicted octanol–water partition coefficient (Wildman–Crippen LogP) is 2.97. The molecule has 0 saturated carbocycles. The van der Waals surface area contributed by atoms with Gasteiger partial charge in [0.15, 0.2) is 0 Å². The second-order valence-corrected chi connectivity index (χ2v) is 4.19. The maximum absolute atomic E-state index is 11.0. The molecule has 2 aromatic rings. The number of benzene rings is 2. The molecule has 21 heavy (non-hydrogen) atoms. The zero-order valence-electron chi connectivity index (χ0n) is 11.9. The highest BCUT2D eigenvalue weighted by atomic mass is 16.5. The van der Waals surface area contributed by atoms with E-state index in [2.05, 4.69) is 17.2 Å². The van der Waals surface area contributed by atoms with Crippen LogP contribution in [-0.2, 0) is 4.74 Å². The van der Waals surface area contributed by atoms with E-state index in [4.69, 9.17) is 9.47 Å². The minimum absolute atomic E-state index is 0.248. The average Bonchev–Trinajstić information content (AvgIpc) is 2.51. The van der Waals surface area contributed by atoms with Crippen LogP contribution in [-0.4, -0.2) is 25.9 Å². The third-order valence-corrected chi connectivity index (χ3v) is 2.77. The van der Waals surface area contributed by atoms with Gasteiger partial charge in [-0.25, -0.2) is 4.79 Å². The van der Waals surface area contributed by atoms with Gasteiger partial charge in [-0.15, -0.1) is 0 Å². The number of ether oxygens (including phenoxy) is 2. The van der Waals surface area contributed by atoms with Gasteiger partial charge < -0.3 is 14.8 Å². The van der Waals surface area contributed by atoms with E-state index in [1.54, 1.807) is 6.92 Å². The van der Waals surface area contributed by atoms with E-state index in [1.807, 2.05) is 42.5 Å². The van der Waals surface area contributed by atoms with Gasteiger partial charge in [-0.05, 0) is 18.4 Å². The van der Waals surface area contributed by atoms with E-state index in [0.29, 0.717) is 6.61 Å². The molecule has 0 radical (unpaired) electrons. The smallest absolute Gasteiger partial charge is 0.407 e. The van der Waals surface area contributed by atoms with Crippen LogP contribution < -0.4 is 10.1 Å². The minimum Gasteiger partial charge on any atom is -0.480 e. The number of amides is 1. The highest BCUT2D eigenvalue weighted by molar-refractivity contribution is 5.88. The molecule has 0 aromatic heterocycles. The Bertz CT molecular complexity index is 665. The molecule has 1 amide bonds. The molecule has 4 heteroatoms. The first kappa shape index (κ1) is 14.7. The summed E-state index contributed by atoms with van der Waals surface area (Å²) in [6.45, 7) is 2.63. The van der Waals surface area contributed by atoms with E-state index in [9.17, 15) is 4.79 Å². The van der Waals surface area contributed by atoms with Crippen molar-refractivity contribution in [2.24, 2.45) is 0 Å². The van der Waals surface area contributed by atoms with Crippen molar-refractivity contribution in [3.05, 3.63) is 42.5 Å². The fourth-order valence-electron chi connectivity index (χ4n) is 1.85. The SMILES string of the molecule is CCOC(=O)NCC#CCOc1cccc2ccccc12. The number of alkyl carbamates (subject to hydrolysis) is 1. The molecule has 0 spiro atoms. The van der Waals surface area contributed by atoms with Crippen molar-refractivity contribution >= 4 is 16.9 Å². The molecule has 2 aromatic carbocycles.